The van der Waals surface area contributed by atoms with E-state index in [1.54, 1.807) is 35.6 Å². The van der Waals surface area contributed by atoms with Gasteiger partial charge < -0.3 is 14.6 Å². The zero-order chi connectivity index (χ0) is 22.1. The molecule has 5 rings (SSSR count). The van der Waals surface area contributed by atoms with Crippen LogP contribution in [-0.2, 0) is 12.8 Å². The van der Waals surface area contributed by atoms with E-state index in [-0.39, 0.29) is 17.8 Å². The standard InChI is InChI=1S/C25H28FN3O2S/c1-28-11-13-29(14-12-28)23(17-6-4-7-18(26)16-17)22-19-8-2-3-10-21(19)32-25(22)27-24(30)20-9-5-15-31-20/h4-7,9,15-16,23H,2-3,8,10-14H2,1H3,(H,27,30)/t23-/m0/s1. The fourth-order valence-corrected chi connectivity index (χ4v) is 6.18. The zero-order valence-corrected chi connectivity index (χ0v) is 19.1. The Morgan fingerprint density at radius 1 is 1.12 bits per heavy atom. The van der Waals surface area contributed by atoms with Crippen molar-refractivity contribution in [3.05, 3.63) is 75.8 Å². The monoisotopic (exact) mass is 453 g/mol. The summed E-state index contributed by atoms with van der Waals surface area (Å²) in [6.07, 6.45) is 5.84. The molecule has 32 heavy (non-hydrogen) atoms. The number of carbonyl (C=O) groups is 1. The molecule has 7 heteroatoms. The zero-order valence-electron chi connectivity index (χ0n) is 18.3. The van der Waals surface area contributed by atoms with Crippen LogP contribution in [0.25, 0.3) is 0 Å². The van der Waals surface area contributed by atoms with E-state index in [2.05, 4.69) is 22.2 Å². The maximum atomic E-state index is 14.3. The van der Waals surface area contributed by atoms with Crippen molar-refractivity contribution in [3.63, 3.8) is 0 Å². The van der Waals surface area contributed by atoms with Crippen molar-refractivity contribution in [3.8, 4) is 0 Å². The first kappa shape index (κ1) is 21.4. The number of hydrogen-bond acceptors (Lipinski definition) is 5. The predicted octanol–water partition coefficient (Wildman–Crippen LogP) is 4.95. The second kappa shape index (κ2) is 9.17. The van der Waals surface area contributed by atoms with E-state index in [1.165, 1.54) is 22.8 Å². The third-order valence-corrected chi connectivity index (χ3v) is 7.75. The van der Waals surface area contributed by atoms with Crippen LogP contribution in [0.4, 0.5) is 9.39 Å². The third kappa shape index (κ3) is 4.25. The average Bonchev–Trinajstić information content (AvgIpc) is 3.44. The molecule has 2 aliphatic rings. The first-order valence-corrected chi connectivity index (χ1v) is 12.1. The molecule has 1 atom stereocenters. The Labute approximate surface area is 191 Å². The average molecular weight is 454 g/mol. The number of nitrogens with one attached hydrogen (secondary N) is 1. The summed E-state index contributed by atoms with van der Waals surface area (Å²) >= 11 is 1.67. The molecule has 1 saturated heterocycles. The molecule has 0 unspecified atom stereocenters. The number of furan rings is 1. The van der Waals surface area contributed by atoms with Gasteiger partial charge in [0.05, 0.1) is 12.3 Å². The van der Waals surface area contributed by atoms with Gasteiger partial charge in [-0.3, -0.25) is 9.69 Å². The van der Waals surface area contributed by atoms with E-state index in [4.69, 9.17) is 4.42 Å². The second-order valence-corrected chi connectivity index (χ2v) is 9.79. The van der Waals surface area contributed by atoms with Gasteiger partial charge in [0.15, 0.2) is 5.76 Å². The van der Waals surface area contributed by atoms with Gasteiger partial charge in [0.1, 0.15) is 10.8 Å². The minimum atomic E-state index is -0.244. The molecule has 2 aromatic heterocycles. The number of carbonyl (C=O) groups excluding carboxylic acids is 1. The number of piperazine rings is 1. The molecule has 3 aromatic rings. The van der Waals surface area contributed by atoms with Crippen molar-refractivity contribution in [2.24, 2.45) is 0 Å². The van der Waals surface area contributed by atoms with Gasteiger partial charge in [-0.25, -0.2) is 4.39 Å². The summed E-state index contributed by atoms with van der Waals surface area (Å²) in [5.41, 5.74) is 3.41. The number of amides is 1. The molecule has 1 aliphatic heterocycles. The molecule has 5 nitrogen and oxygen atoms in total. The maximum absolute atomic E-state index is 14.3. The van der Waals surface area contributed by atoms with Gasteiger partial charge in [0.25, 0.3) is 5.91 Å². The van der Waals surface area contributed by atoms with E-state index in [0.29, 0.717) is 5.76 Å². The van der Waals surface area contributed by atoms with E-state index in [0.717, 1.165) is 68.0 Å². The number of nitrogens with zero attached hydrogens (tertiary/aromatic N) is 2. The smallest absolute Gasteiger partial charge is 0.291 e. The van der Waals surface area contributed by atoms with Gasteiger partial charge in [-0.15, -0.1) is 11.3 Å². The molecule has 168 valence electrons. The van der Waals surface area contributed by atoms with Crippen molar-refractivity contribution in [2.45, 2.75) is 31.7 Å². The first-order valence-electron chi connectivity index (χ1n) is 11.3. The molecular formula is C25H28FN3O2S. The van der Waals surface area contributed by atoms with Crippen molar-refractivity contribution in [1.29, 1.82) is 0 Å². The number of hydrogen-bond donors (Lipinski definition) is 1. The number of halogens is 1. The molecule has 1 fully saturated rings. The van der Waals surface area contributed by atoms with Crippen LogP contribution >= 0.6 is 11.3 Å². The van der Waals surface area contributed by atoms with Gasteiger partial charge >= 0.3 is 0 Å². The minimum absolute atomic E-state index is 0.0931. The highest BCUT2D eigenvalue weighted by Gasteiger charge is 2.33. The highest BCUT2D eigenvalue weighted by molar-refractivity contribution is 7.16. The molecule has 1 amide bonds. The van der Waals surface area contributed by atoms with Crippen molar-refractivity contribution in [2.75, 3.05) is 38.5 Å². The Hall–Kier alpha value is -2.48. The number of anilines is 1. The Bertz CT molecular complexity index is 1090. The van der Waals surface area contributed by atoms with Crippen LogP contribution in [0.15, 0.2) is 47.1 Å². The number of aryl methyl sites for hydroxylation is 1. The molecule has 0 spiro atoms. The number of benzene rings is 1. The van der Waals surface area contributed by atoms with Crippen LogP contribution < -0.4 is 5.32 Å². The predicted molar refractivity (Wildman–Crippen MR) is 125 cm³/mol. The largest absolute Gasteiger partial charge is 0.459 e. The maximum Gasteiger partial charge on any atom is 0.291 e. The molecule has 0 bridgehead atoms. The number of fused-ring (bicyclic) bond motifs is 1. The minimum Gasteiger partial charge on any atom is -0.459 e. The van der Waals surface area contributed by atoms with Crippen molar-refractivity contribution < 1.29 is 13.6 Å². The van der Waals surface area contributed by atoms with E-state index in [1.807, 2.05) is 6.07 Å². The lowest BCUT2D eigenvalue weighted by Crippen LogP contribution is -2.46. The SMILES string of the molecule is CN1CCN([C@@H](c2cccc(F)c2)c2c(NC(=O)c3ccco3)sc3c2CCCC3)CC1. The normalized spacial score (nSPS) is 18.3. The summed E-state index contributed by atoms with van der Waals surface area (Å²) < 4.78 is 19.7. The summed E-state index contributed by atoms with van der Waals surface area (Å²) in [5, 5.41) is 4.00. The van der Waals surface area contributed by atoms with E-state index in [9.17, 15) is 9.18 Å². The van der Waals surface area contributed by atoms with Crippen LogP contribution in [0.3, 0.4) is 0 Å². The lowest BCUT2D eigenvalue weighted by molar-refractivity contribution is 0.0996. The summed E-state index contributed by atoms with van der Waals surface area (Å²) in [6.45, 7) is 3.72. The van der Waals surface area contributed by atoms with E-state index < -0.39 is 0 Å². The number of likely N-dealkylation sites (N-methyl/N-ethyl adjacent to an activating group) is 1. The third-order valence-electron chi connectivity index (χ3n) is 6.53. The van der Waals surface area contributed by atoms with Gasteiger partial charge in [0.2, 0.25) is 0 Å². The summed E-state index contributed by atoms with van der Waals surface area (Å²) in [6, 6.07) is 10.2. The number of thiophene rings is 1. The molecule has 1 aromatic carbocycles. The Morgan fingerprint density at radius 2 is 1.94 bits per heavy atom. The molecular weight excluding hydrogens is 425 g/mol. The first-order chi connectivity index (χ1) is 15.6. The molecule has 3 heterocycles. The summed E-state index contributed by atoms with van der Waals surface area (Å²) in [5.74, 6) is -0.178. The molecule has 0 radical (unpaired) electrons. The lowest BCUT2D eigenvalue weighted by atomic mass is 9.88. The van der Waals surface area contributed by atoms with Gasteiger partial charge in [-0.05, 0) is 68.1 Å². The van der Waals surface area contributed by atoms with Crippen LogP contribution in [0, 0.1) is 5.82 Å². The Morgan fingerprint density at radius 3 is 2.69 bits per heavy atom. The number of rotatable bonds is 5. The van der Waals surface area contributed by atoms with E-state index >= 15 is 0 Å². The van der Waals surface area contributed by atoms with Crippen LogP contribution in [-0.4, -0.2) is 48.9 Å². The summed E-state index contributed by atoms with van der Waals surface area (Å²) in [4.78, 5) is 19.0. The highest BCUT2D eigenvalue weighted by Crippen LogP contribution is 2.45. The Balaban J connectivity index is 1.61. The molecule has 0 saturated carbocycles. The van der Waals surface area contributed by atoms with Crippen LogP contribution in [0.2, 0.25) is 0 Å². The quantitative estimate of drug-likeness (QED) is 0.594. The fourth-order valence-electron chi connectivity index (χ4n) is 4.86. The van der Waals surface area contributed by atoms with Crippen LogP contribution in [0.5, 0.6) is 0 Å². The van der Waals surface area contributed by atoms with Crippen molar-refractivity contribution in [1.82, 2.24) is 9.80 Å². The topological polar surface area (TPSA) is 48.7 Å². The van der Waals surface area contributed by atoms with Gasteiger partial charge in [-0.1, -0.05) is 12.1 Å². The van der Waals surface area contributed by atoms with Gasteiger partial charge in [-0.2, -0.15) is 0 Å². The molecule has 1 N–H and O–H groups in total. The van der Waals surface area contributed by atoms with Crippen LogP contribution in [0.1, 0.15) is 51.0 Å². The van der Waals surface area contributed by atoms with Gasteiger partial charge in [0, 0.05) is 36.6 Å². The second-order valence-electron chi connectivity index (χ2n) is 8.68. The highest BCUT2D eigenvalue weighted by atomic mass is 32.1. The Kier molecular flexibility index (Phi) is 6.13. The molecule has 1 aliphatic carbocycles. The van der Waals surface area contributed by atoms with Crippen molar-refractivity contribution >= 4 is 22.2 Å². The fraction of sp³-hybridized carbons (Fsp3) is 0.400. The summed E-state index contributed by atoms with van der Waals surface area (Å²) in [7, 11) is 2.13. The lowest BCUT2D eigenvalue weighted by Gasteiger charge is -2.39.